The van der Waals surface area contributed by atoms with E-state index in [1.165, 1.54) is 0 Å². The van der Waals surface area contributed by atoms with E-state index < -0.39 is 14.6 Å². The van der Waals surface area contributed by atoms with Crippen LogP contribution in [0.3, 0.4) is 0 Å². The maximum Gasteiger partial charge on any atom is 0.156 e. The summed E-state index contributed by atoms with van der Waals surface area (Å²) in [4.78, 5) is 4.24. The summed E-state index contributed by atoms with van der Waals surface area (Å²) < 4.78 is 25.1. The second-order valence-electron chi connectivity index (χ2n) is 5.39. The van der Waals surface area contributed by atoms with Crippen LogP contribution in [0.5, 0.6) is 0 Å². The molecular formula is C12H23N3O2S. The van der Waals surface area contributed by atoms with Gasteiger partial charge in [0.2, 0.25) is 0 Å². The summed E-state index contributed by atoms with van der Waals surface area (Å²) in [6, 6.07) is 0. The molecule has 0 aliphatic heterocycles. The molecule has 0 bridgehead atoms. The van der Waals surface area contributed by atoms with Crippen molar-refractivity contribution in [1.82, 2.24) is 14.9 Å². The molecule has 1 rings (SSSR count). The van der Waals surface area contributed by atoms with Crippen LogP contribution in [0.15, 0.2) is 12.5 Å². The number of imidazole rings is 1. The second kappa shape index (κ2) is 5.84. The highest BCUT2D eigenvalue weighted by molar-refractivity contribution is 7.92. The highest BCUT2D eigenvalue weighted by Gasteiger charge is 2.28. The van der Waals surface area contributed by atoms with Crippen molar-refractivity contribution in [3.8, 4) is 0 Å². The molecule has 0 spiro atoms. The largest absolute Gasteiger partial charge is 0.336 e. The zero-order valence-electron chi connectivity index (χ0n) is 11.6. The summed E-state index contributed by atoms with van der Waals surface area (Å²) in [5.74, 6) is 0.151. The van der Waals surface area contributed by atoms with E-state index >= 15 is 0 Å². The molecule has 0 atom stereocenters. The van der Waals surface area contributed by atoms with Crippen molar-refractivity contribution in [2.45, 2.75) is 38.5 Å². The molecule has 1 aromatic rings. The average molecular weight is 273 g/mol. The fourth-order valence-corrected chi connectivity index (χ4v) is 2.51. The van der Waals surface area contributed by atoms with E-state index in [4.69, 9.17) is 0 Å². The number of rotatable bonds is 6. The van der Waals surface area contributed by atoms with Crippen molar-refractivity contribution < 1.29 is 8.42 Å². The first-order valence-electron chi connectivity index (χ1n) is 6.14. The Morgan fingerprint density at radius 2 is 2.06 bits per heavy atom. The molecule has 0 amide bonds. The zero-order valence-corrected chi connectivity index (χ0v) is 12.4. The first-order chi connectivity index (χ1) is 8.26. The number of hydrogen-bond acceptors (Lipinski definition) is 4. The zero-order chi connectivity index (χ0) is 13.8. The van der Waals surface area contributed by atoms with Gasteiger partial charge in [-0.25, -0.2) is 13.4 Å². The van der Waals surface area contributed by atoms with Crippen LogP contribution in [0.25, 0.3) is 0 Å². The molecule has 18 heavy (non-hydrogen) atoms. The summed E-state index contributed by atoms with van der Waals surface area (Å²) in [5, 5.41) is 3.06. The number of sulfone groups is 1. The van der Waals surface area contributed by atoms with Crippen LogP contribution in [0.2, 0.25) is 0 Å². The van der Waals surface area contributed by atoms with Crippen molar-refractivity contribution in [3.05, 3.63) is 18.2 Å². The molecule has 0 saturated heterocycles. The molecule has 6 heteroatoms. The smallest absolute Gasteiger partial charge is 0.156 e. The van der Waals surface area contributed by atoms with Crippen molar-refractivity contribution >= 4 is 9.84 Å². The van der Waals surface area contributed by atoms with Gasteiger partial charge in [0.1, 0.15) is 0 Å². The fourth-order valence-electron chi connectivity index (χ4n) is 1.44. The highest BCUT2D eigenvalue weighted by atomic mass is 32.2. The number of aryl methyl sites for hydroxylation is 1. The van der Waals surface area contributed by atoms with Gasteiger partial charge in [0.15, 0.2) is 9.84 Å². The minimum Gasteiger partial charge on any atom is -0.336 e. The second-order valence-corrected chi connectivity index (χ2v) is 8.25. The topological polar surface area (TPSA) is 64.0 Å². The van der Waals surface area contributed by atoms with Gasteiger partial charge in [-0.15, -0.1) is 0 Å². The molecular weight excluding hydrogens is 250 g/mol. The minimum atomic E-state index is -3.06. The van der Waals surface area contributed by atoms with Crippen LogP contribution in [0.1, 0.15) is 26.5 Å². The molecule has 0 radical (unpaired) electrons. The van der Waals surface area contributed by atoms with E-state index in [-0.39, 0.29) is 5.75 Å². The van der Waals surface area contributed by atoms with Gasteiger partial charge in [0.25, 0.3) is 0 Å². The Morgan fingerprint density at radius 3 is 2.61 bits per heavy atom. The first kappa shape index (κ1) is 15.2. The number of likely N-dealkylation sites (N-methyl/N-ethyl adjacent to an activating group) is 1. The Balaban J connectivity index is 2.57. The molecule has 0 fully saturated rings. The lowest BCUT2D eigenvalue weighted by atomic mass is 10.3. The van der Waals surface area contributed by atoms with Gasteiger partial charge in [-0.1, -0.05) is 0 Å². The van der Waals surface area contributed by atoms with Gasteiger partial charge in [-0.05, 0) is 27.8 Å². The van der Waals surface area contributed by atoms with E-state index in [9.17, 15) is 8.42 Å². The Hall–Kier alpha value is -0.880. The Bertz CT molecular complexity index is 472. The summed E-state index contributed by atoms with van der Waals surface area (Å²) in [5.41, 5.74) is 0.984. The molecule has 1 N–H and O–H groups in total. The molecule has 1 aromatic heterocycles. The number of aromatic nitrogens is 2. The van der Waals surface area contributed by atoms with Gasteiger partial charge < -0.3 is 9.88 Å². The summed E-state index contributed by atoms with van der Waals surface area (Å²) in [6.45, 7) is 6.53. The lowest BCUT2D eigenvalue weighted by Crippen LogP contribution is -2.31. The number of nitrogens with zero attached hydrogens (tertiary/aromatic N) is 2. The molecule has 5 nitrogen and oxygen atoms in total. The molecule has 0 aliphatic rings. The van der Waals surface area contributed by atoms with Crippen LogP contribution in [-0.4, -0.2) is 42.1 Å². The maximum absolute atomic E-state index is 12.0. The van der Waals surface area contributed by atoms with Gasteiger partial charge >= 0.3 is 0 Å². The highest BCUT2D eigenvalue weighted by Crippen LogP contribution is 2.16. The third-order valence-electron chi connectivity index (χ3n) is 2.87. The van der Waals surface area contributed by atoms with Crippen LogP contribution >= 0.6 is 0 Å². The quantitative estimate of drug-likeness (QED) is 0.835. The average Bonchev–Trinajstić information content (AvgIpc) is 2.70. The normalized spacial score (nSPS) is 12.9. The Morgan fingerprint density at radius 1 is 1.39 bits per heavy atom. The van der Waals surface area contributed by atoms with Crippen LogP contribution in [0, 0.1) is 0 Å². The van der Waals surface area contributed by atoms with Crippen LogP contribution < -0.4 is 5.32 Å². The predicted molar refractivity (Wildman–Crippen MR) is 73.4 cm³/mol. The van der Waals surface area contributed by atoms with E-state index in [1.54, 1.807) is 27.1 Å². The lowest BCUT2D eigenvalue weighted by Gasteiger charge is -2.19. The van der Waals surface area contributed by atoms with Gasteiger partial charge in [0, 0.05) is 25.7 Å². The third kappa shape index (κ3) is 4.10. The molecule has 0 unspecified atom stereocenters. The van der Waals surface area contributed by atoms with E-state index in [0.717, 1.165) is 18.7 Å². The van der Waals surface area contributed by atoms with Crippen molar-refractivity contribution in [1.29, 1.82) is 0 Å². The molecule has 104 valence electrons. The van der Waals surface area contributed by atoms with E-state index in [1.807, 2.05) is 17.8 Å². The first-order valence-corrected chi connectivity index (χ1v) is 7.79. The van der Waals surface area contributed by atoms with Crippen molar-refractivity contribution in [2.75, 3.05) is 19.3 Å². The van der Waals surface area contributed by atoms with Crippen LogP contribution in [-0.2, 0) is 22.8 Å². The van der Waals surface area contributed by atoms with E-state index in [0.29, 0.717) is 6.54 Å². The number of hydrogen-bond donors (Lipinski definition) is 1. The van der Waals surface area contributed by atoms with Crippen molar-refractivity contribution in [3.63, 3.8) is 0 Å². The van der Waals surface area contributed by atoms with E-state index in [2.05, 4.69) is 10.3 Å². The molecule has 0 aromatic carbocycles. The molecule has 1 heterocycles. The summed E-state index contributed by atoms with van der Waals surface area (Å²) in [6.07, 6.45) is 4.47. The van der Waals surface area contributed by atoms with Crippen LogP contribution in [0.4, 0.5) is 0 Å². The third-order valence-corrected chi connectivity index (χ3v) is 5.46. The van der Waals surface area contributed by atoms with Gasteiger partial charge in [-0.2, -0.15) is 0 Å². The standard InChI is InChI=1S/C12H23N3O2S/c1-12(2,3)18(16,17)8-7-15-9-11(14-10-15)5-6-13-4/h9-10,13H,5-8H2,1-4H3. The maximum atomic E-state index is 12.0. The van der Waals surface area contributed by atoms with Gasteiger partial charge in [-0.3, -0.25) is 0 Å². The molecule has 0 aliphatic carbocycles. The fraction of sp³-hybridized carbons (Fsp3) is 0.750. The number of nitrogens with one attached hydrogen (secondary N) is 1. The minimum absolute atomic E-state index is 0.151. The Labute approximate surface area is 110 Å². The predicted octanol–water partition coefficient (Wildman–Crippen LogP) is 0.858. The molecule has 0 saturated carbocycles. The SMILES string of the molecule is CNCCc1cn(CCS(=O)(=O)C(C)(C)C)cn1. The Kier molecular flexibility index (Phi) is 4.92. The summed E-state index contributed by atoms with van der Waals surface area (Å²) >= 11 is 0. The van der Waals surface area contributed by atoms with Crippen molar-refractivity contribution in [2.24, 2.45) is 0 Å². The van der Waals surface area contributed by atoms with Gasteiger partial charge in [0.05, 0.1) is 22.5 Å². The summed E-state index contributed by atoms with van der Waals surface area (Å²) in [7, 11) is -1.17. The monoisotopic (exact) mass is 273 g/mol. The lowest BCUT2D eigenvalue weighted by molar-refractivity contribution is 0.553.